The molecular formula is C8H10Cl5O2SSi. The molecule has 0 aliphatic carbocycles. The lowest BCUT2D eigenvalue weighted by Gasteiger charge is -1.89. The summed E-state index contributed by atoms with van der Waals surface area (Å²) in [5.74, 6) is 0. The van der Waals surface area contributed by atoms with Gasteiger partial charge in [0.2, 0.25) is 0 Å². The second-order valence-electron chi connectivity index (χ2n) is 2.43. The predicted octanol–water partition coefficient (Wildman–Crippen LogP) is 4.65. The van der Waals surface area contributed by atoms with E-state index in [1.54, 1.807) is 0 Å². The fraction of sp³-hybridized carbons (Fsp3) is 0.250. The maximum Gasteiger partial charge on any atom is 0.376 e. The van der Waals surface area contributed by atoms with Gasteiger partial charge in [0.05, 0.1) is 0 Å². The first kappa shape index (κ1) is 20.2. The third-order valence-electron chi connectivity index (χ3n) is 1.25. The number of hydrogen-bond donors (Lipinski definition) is 0. The lowest BCUT2D eigenvalue weighted by Crippen LogP contribution is -1.73. The minimum Gasteiger partial charge on any atom is -0.195 e. The largest absolute Gasteiger partial charge is 0.376 e. The van der Waals surface area contributed by atoms with Crippen molar-refractivity contribution in [2.75, 3.05) is 0 Å². The molecule has 2 nitrogen and oxygen atoms in total. The lowest BCUT2D eigenvalue weighted by atomic mass is 10.2. The maximum absolute atomic E-state index is 9.16. The zero-order valence-electron chi connectivity index (χ0n) is 8.71. The minimum atomic E-state index is -3.72. The molecule has 0 saturated carbocycles. The summed E-state index contributed by atoms with van der Waals surface area (Å²) in [6.07, 6.45) is 1.14. The normalized spacial score (nSPS) is 9.82. The van der Waals surface area contributed by atoms with Gasteiger partial charge in [0.25, 0.3) is 0 Å². The van der Waals surface area contributed by atoms with Crippen molar-refractivity contribution in [3.63, 3.8) is 0 Å². The van der Waals surface area contributed by atoms with Gasteiger partial charge in [0, 0.05) is 21.4 Å². The van der Waals surface area contributed by atoms with E-state index >= 15 is 0 Å². The Morgan fingerprint density at radius 2 is 1.35 bits per heavy atom. The number of aryl methyl sites for hydroxylation is 1. The van der Waals surface area contributed by atoms with Crippen molar-refractivity contribution in [2.45, 2.75) is 13.3 Å². The van der Waals surface area contributed by atoms with Crippen LogP contribution in [0.15, 0.2) is 30.3 Å². The molecule has 1 rings (SSSR count). The van der Waals surface area contributed by atoms with Gasteiger partial charge in [0.1, 0.15) is 0 Å². The summed E-state index contributed by atoms with van der Waals surface area (Å²) in [6.45, 7) is 0.699. The maximum atomic E-state index is 9.16. The molecule has 0 fully saturated rings. The Bertz CT molecular complexity index is 360. The van der Waals surface area contributed by atoms with Crippen LogP contribution in [-0.2, 0) is 14.7 Å². The number of halogens is 5. The minimum absolute atomic E-state index is 1.14. The molecular weight excluding hydrogens is 366 g/mol. The summed E-state index contributed by atoms with van der Waals surface area (Å²) in [5, 5.41) is 0. The van der Waals surface area contributed by atoms with E-state index in [2.05, 4.69) is 52.6 Å². The molecule has 0 atom stereocenters. The third-order valence-corrected chi connectivity index (χ3v) is 1.25. The molecule has 0 heterocycles. The fourth-order valence-corrected chi connectivity index (χ4v) is 0.714. The van der Waals surface area contributed by atoms with Gasteiger partial charge in [-0.1, -0.05) is 37.3 Å². The van der Waals surface area contributed by atoms with Gasteiger partial charge in [-0.15, -0.1) is 33.2 Å². The summed E-state index contributed by atoms with van der Waals surface area (Å²) in [5.41, 5.74) is 1.41. The predicted molar refractivity (Wildman–Crippen MR) is 79.8 cm³/mol. The molecule has 0 aliphatic heterocycles. The topological polar surface area (TPSA) is 34.1 Å². The van der Waals surface area contributed by atoms with Gasteiger partial charge in [-0.3, -0.25) is 0 Å². The van der Waals surface area contributed by atoms with Crippen molar-refractivity contribution in [2.24, 2.45) is 0 Å². The van der Waals surface area contributed by atoms with Gasteiger partial charge >= 0.3 is 15.0 Å². The molecule has 1 radical (unpaired) electrons. The lowest BCUT2D eigenvalue weighted by molar-refractivity contribution is 0.621. The van der Waals surface area contributed by atoms with E-state index in [4.69, 9.17) is 41.7 Å². The number of benzene rings is 1. The van der Waals surface area contributed by atoms with Crippen LogP contribution in [0.1, 0.15) is 12.5 Å². The summed E-state index contributed by atoms with van der Waals surface area (Å²) >= 11 is 14.7. The van der Waals surface area contributed by atoms with Crippen LogP contribution in [0.2, 0.25) is 0 Å². The molecule has 0 saturated heterocycles. The third kappa shape index (κ3) is 31.6. The highest BCUT2D eigenvalue weighted by Crippen LogP contribution is 1.98. The van der Waals surface area contributed by atoms with Crippen LogP contribution in [0, 0.1) is 0 Å². The van der Waals surface area contributed by atoms with Crippen LogP contribution in [0.5, 0.6) is 0 Å². The first-order chi connectivity index (χ1) is 7.66. The Labute approximate surface area is 126 Å². The number of rotatable bonds is 1. The fourth-order valence-electron chi connectivity index (χ4n) is 0.714. The Hall–Kier alpha value is 0.837. The standard InChI is InChI=1S/C8H10.Cl3Si.Cl2O2S/c1-2-8-6-4-3-5-7-8;1-4(2)3;1-5(2,3)4/h3-7H,2H2,1H3;;. The molecule has 0 aromatic heterocycles. The molecule has 0 bridgehead atoms. The van der Waals surface area contributed by atoms with E-state index in [9.17, 15) is 0 Å². The van der Waals surface area contributed by atoms with E-state index in [0.29, 0.717) is 0 Å². The Kier molecular flexibility index (Phi) is 14.1. The van der Waals surface area contributed by atoms with Crippen molar-refractivity contribution in [3.05, 3.63) is 35.9 Å². The Morgan fingerprint density at radius 3 is 1.53 bits per heavy atom. The van der Waals surface area contributed by atoms with Crippen molar-refractivity contribution < 1.29 is 8.42 Å². The van der Waals surface area contributed by atoms with Crippen molar-refractivity contribution in [1.82, 2.24) is 0 Å². The van der Waals surface area contributed by atoms with Crippen molar-refractivity contribution in [3.8, 4) is 0 Å². The quantitative estimate of drug-likeness (QED) is 0.407. The second-order valence-corrected chi connectivity index (χ2v) is 11.7. The van der Waals surface area contributed by atoms with Crippen molar-refractivity contribution >= 4 is 69.6 Å². The highest BCUT2D eigenvalue weighted by molar-refractivity contribution is 8.31. The first-order valence-electron chi connectivity index (χ1n) is 4.18. The Balaban J connectivity index is 0. The summed E-state index contributed by atoms with van der Waals surface area (Å²) < 4.78 is 18.3. The van der Waals surface area contributed by atoms with Crippen molar-refractivity contribution in [1.29, 1.82) is 0 Å². The van der Waals surface area contributed by atoms with Crippen LogP contribution in [0.4, 0.5) is 0 Å². The average molecular weight is 376 g/mol. The zero-order chi connectivity index (χ0) is 13.9. The van der Waals surface area contributed by atoms with Crippen LogP contribution in [0.25, 0.3) is 0 Å². The molecule has 0 spiro atoms. The molecule has 9 heteroatoms. The summed E-state index contributed by atoms with van der Waals surface area (Å²) in [4.78, 5) is 0. The number of hydrogen-bond acceptors (Lipinski definition) is 2. The van der Waals surface area contributed by atoms with Crippen LogP contribution >= 0.6 is 54.6 Å². The van der Waals surface area contributed by atoms with Gasteiger partial charge < -0.3 is 0 Å². The van der Waals surface area contributed by atoms with Gasteiger partial charge in [0.15, 0.2) is 0 Å². The van der Waals surface area contributed by atoms with E-state index in [1.165, 1.54) is 5.56 Å². The van der Waals surface area contributed by atoms with E-state index in [-0.39, 0.29) is 0 Å². The zero-order valence-corrected chi connectivity index (χ0v) is 14.3. The monoisotopic (exact) mass is 373 g/mol. The van der Waals surface area contributed by atoms with E-state index in [0.717, 1.165) is 6.42 Å². The van der Waals surface area contributed by atoms with Crippen LogP contribution < -0.4 is 0 Å². The van der Waals surface area contributed by atoms with Crippen LogP contribution in [0.3, 0.4) is 0 Å². The average Bonchev–Trinajstić information content (AvgIpc) is 2.15. The van der Waals surface area contributed by atoms with Crippen LogP contribution in [-0.4, -0.2) is 15.1 Å². The second kappa shape index (κ2) is 11.9. The SMILES string of the molecule is CCc1ccccc1.Cl[Si](Cl)Cl.O=S(=O)(Cl)Cl. The molecule has 1 aromatic rings. The Morgan fingerprint density at radius 1 is 1.06 bits per heavy atom. The highest BCUT2D eigenvalue weighted by Gasteiger charge is 1.89. The molecule has 99 valence electrons. The first-order valence-corrected chi connectivity index (χ1v) is 11.9. The van der Waals surface area contributed by atoms with Gasteiger partial charge in [-0.2, -0.15) is 8.42 Å². The molecule has 0 amide bonds. The van der Waals surface area contributed by atoms with E-state index < -0.39 is 15.0 Å². The summed E-state index contributed by atoms with van der Waals surface area (Å²) in [7, 11) is 4.81. The summed E-state index contributed by atoms with van der Waals surface area (Å²) in [6, 6.07) is 10.5. The van der Waals surface area contributed by atoms with Gasteiger partial charge in [-0.05, 0) is 12.0 Å². The molecule has 0 N–H and O–H groups in total. The molecule has 1 aromatic carbocycles. The smallest absolute Gasteiger partial charge is 0.195 e. The highest BCUT2D eigenvalue weighted by atomic mass is 36.0. The molecule has 0 aliphatic rings. The van der Waals surface area contributed by atoms with E-state index in [1.807, 2.05) is 6.07 Å². The van der Waals surface area contributed by atoms with Gasteiger partial charge in [-0.25, -0.2) is 0 Å². The molecule has 17 heavy (non-hydrogen) atoms. The molecule has 0 unspecified atom stereocenters.